The van der Waals surface area contributed by atoms with Crippen LogP contribution in [-0.2, 0) is 13.1 Å². The van der Waals surface area contributed by atoms with Crippen LogP contribution in [-0.4, -0.2) is 19.1 Å². The van der Waals surface area contributed by atoms with Crippen molar-refractivity contribution >= 4 is 22.5 Å². The summed E-state index contributed by atoms with van der Waals surface area (Å²) in [6, 6.07) is 13.1. The number of aromatic amines is 1. The zero-order valence-electron chi connectivity index (χ0n) is 15.2. The summed E-state index contributed by atoms with van der Waals surface area (Å²) in [5.74, 6) is 0. The minimum absolute atomic E-state index is 0.127. The van der Waals surface area contributed by atoms with Crippen molar-refractivity contribution in [1.82, 2.24) is 19.1 Å². The smallest absolute Gasteiger partial charge is 0.299 e. The normalized spacial score (nSPS) is 11.2. The van der Waals surface area contributed by atoms with E-state index < -0.39 is 11.2 Å². The number of aryl methyl sites for hydroxylation is 1. The fourth-order valence-electron chi connectivity index (χ4n) is 3.21. The first kappa shape index (κ1) is 18.1. The van der Waals surface area contributed by atoms with Crippen LogP contribution in [0.5, 0.6) is 0 Å². The molecule has 0 aliphatic carbocycles. The fraction of sp³-hybridized carbons (Fsp3) is 0.200. The number of benzene rings is 1. The maximum atomic E-state index is 13.0. The minimum Gasteiger partial charge on any atom is -0.299 e. The van der Waals surface area contributed by atoms with Gasteiger partial charge in [-0.2, -0.15) is 0 Å². The molecule has 0 bridgehead atoms. The molecule has 4 rings (SSSR count). The molecule has 7 nitrogen and oxygen atoms in total. The van der Waals surface area contributed by atoms with E-state index in [0.717, 1.165) is 5.56 Å². The van der Waals surface area contributed by atoms with E-state index in [4.69, 9.17) is 0 Å². The van der Waals surface area contributed by atoms with E-state index in [0.29, 0.717) is 17.8 Å². The molecule has 0 saturated carbocycles. The molecule has 0 amide bonds. The Kier molecular flexibility index (Phi) is 4.79. The number of nitrogens with zero attached hydrogens (tertiary/aromatic N) is 3. The predicted octanol–water partition coefficient (Wildman–Crippen LogP) is 2.43. The second-order valence-electron chi connectivity index (χ2n) is 6.40. The van der Waals surface area contributed by atoms with Crippen LogP contribution in [0, 0.1) is 0 Å². The molecule has 0 spiro atoms. The van der Waals surface area contributed by atoms with E-state index in [9.17, 15) is 14.4 Å². The lowest BCUT2D eigenvalue weighted by Gasteiger charge is -2.14. The molecule has 0 aliphatic rings. The van der Waals surface area contributed by atoms with Gasteiger partial charge in [-0.15, -0.1) is 11.3 Å². The van der Waals surface area contributed by atoms with E-state index in [1.807, 2.05) is 54.8 Å². The summed E-state index contributed by atoms with van der Waals surface area (Å²) < 4.78 is 2.84. The average molecular weight is 394 g/mol. The highest BCUT2D eigenvalue weighted by molar-refractivity contribution is 7.13. The van der Waals surface area contributed by atoms with Crippen LogP contribution in [0.1, 0.15) is 18.9 Å². The average Bonchev–Trinajstić information content (AvgIpc) is 3.22. The molecule has 0 fully saturated rings. The van der Waals surface area contributed by atoms with E-state index in [-0.39, 0.29) is 29.0 Å². The Hall–Kier alpha value is -3.26. The Morgan fingerprint density at radius 2 is 1.82 bits per heavy atom. The molecule has 0 radical (unpaired) electrons. The number of fused-ring (bicyclic) bond motifs is 1. The Bertz CT molecular complexity index is 1300. The zero-order valence-corrected chi connectivity index (χ0v) is 16.0. The first-order chi connectivity index (χ1) is 13.6. The Balaban J connectivity index is 2.09. The molecule has 0 aliphatic heterocycles. The van der Waals surface area contributed by atoms with Crippen LogP contribution in [0.25, 0.3) is 21.7 Å². The van der Waals surface area contributed by atoms with Gasteiger partial charge in [-0.1, -0.05) is 43.3 Å². The number of nitrogens with one attached hydrogen (secondary N) is 1. The van der Waals surface area contributed by atoms with Crippen LogP contribution >= 0.6 is 11.3 Å². The van der Waals surface area contributed by atoms with Gasteiger partial charge in [0.2, 0.25) is 0 Å². The van der Waals surface area contributed by atoms with Crippen LogP contribution in [0.15, 0.2) is 62.2 Å². The molecular weight excluding hydrogens is 376 g/mol. The molecule has 142 valence electrons. The largest absolute Gasteiger partial charge is 0.330 e. The minimum atomic E-state index is -0.597. The van der Waals surface area contributed by atoms with Crippen LogP contribution < -0.4 is 16.8 Å². The number of rotatable bonds is 5. The molecule has 0 saturated heterocycles. The molecule has 8 heteroatoms. The van der Waals surface area contributed by atoms with Gasteiger partial charge in [0.05, 0.1) is 11.4 Å². The van der Waals surface area contributed by atoms with Crippen molar-refractivity contribution in [3.63, 3.8) is 0 Å². The number of thiophene rings is 1. The van der Waals surface area contributed by atoms with E-state index in [2.05, 4.69) is 9.97 Å². The van der Waals surface area contributed by atoms with Crippen molar-refractivity contribution < 1.29 is 0 Å². The number of hydrogen-bond donors (Lipinski definition) is 1. The first-order valence-corrected chi connectivity index (χ1v) is 9.83. The first-order valence-electron chi connectivity index (χ1n) is 8.95. The Morgan fingerprint density at radius 3 is 2.50 bits per heavy atom. The zero-order chi connectivity index (χ0) is 19.7. The summed E-state index contributed by atoms with van der Waals surface area (Å²) >= 11 is 1.39. The Labute approximate surface area is 163 Å². The van der Waals surface area contributed by atoms with Gasteiger partial charge in [0.1, 0.15) is 5.69 Å². The lowest BCUT2D eigenvalue weighted by atomic mass is 10.2. The van der Waals surface area contributed by atoms with Gasteiger partial charge in [-0.05, 0) is 23.4 Å². The highest BCUT2D eigenvalue weighted by Crippen LogP contribution is 2.21. The molecule has 4 aromatic rings. The van der Waals surface area contributed by atoms with Crippen LogP contribution in [0.4, 0.5) is 0 Å². The van der Waals surface area contributed by atoms with Crippen molar-refractivity contribution in [1.29, 1.82) is 0 Å². The van der Waals surface area contributed by atoms with Crippen molar-refractivity contribution in [2.24, 2.45) is 0 Å². The maximum Gasteiger partial charge on any atom is 0.330 e. The molecule has 1 N–H and O–H groups in total. The molecule has 1 aromatic carbocycles. The summed E-state index contributed by atoms with van der Waals surface area (Å²) in [6.07, 6.45) is 0.667. The summed E-state index contributed by atoms with van der Waals surface area (Å²) in [5.41, 5.74) is 0.0187. The third-order valence-corrected chi connectivity index (χ3v) is 5.35. The second kappa shape index (κ2) is 7.40. The molecule has 28 heavy (non-hydrogen) atoms. The van der Waals surface area contributed by atoms with E-state index in [1.165, 1.54) is 20.5 Å². The van der Waals surface area contributed by atoms with E-state index >= 15 is 0 Å². The number of aromatic nitrogens is 4. The standard InChI is InChI=1S/C20H18N4O3S/c1-2-10-23-16-17(21-15(19(23)26)14-9-6-11-28-14)24(20(27)22-18(16)25)12-13-7-4-3-5-8-13/h3-9,11H,2,10,12H2,1H3,(H,22,25,27). The van der Waals surface area contributed by atoms with Crippen LogP contribution in [0.3, 0.4) is 0 Å². The lowest BCUT2D eigenvalue weighted by Crippen LogP contribution is -2.36. The van der Waals surface area contributed by atoms with Gasteiger partial charge in [0.15, 0.2) is 11.2 Å². The molecule has 0 unspecified atom stereocenters. The maximum absolute atomic E-state index is 13.0. The van der Waals surface area contributed by atoms with Crippen molar-refractivity contribution in [2.75, 3.05) is 0 Å². The second-order valence-corrected chi connectivity index (χ2v) is 7.35. The quantitative estimate of drug-likeness (QED) is 0.563. The lowest BCUT2D eigenvalue weighted by molar-refractivity contribution is 0.659. The topological polar surface area (TPSA) is 89.8 Å². The number of H-pyrrole nitrogens is 1. The molecule has 0 atom stereocenters. The van der Waals surface area contributed by atoms with Crippen molar-refractivity contribution in [3.05, 3.63) is 84.6 Å². The van der Waals surface area contributed by atoms with Gasteiger partial charge in [-0.3, -0.25) is 23.7 Å². The van der Waals surface area contributed by atoms with E-state index in [1.54, 1.807) is 0 Å². The molecule has 3 aromatic heterocycles. The molecule has 3 heterocycles. The fourth-order valence-corrected chi connectivity index (χ4v) is 3.92. The predicted molar refractivity (Wildman–Crippen MR) is 110 cm³/mol. The van der Waals surface area contributed by atoms with Gasteiger partial charge < -0.3 is 0 Å². The Morgan fingerprint density at radius 1 is 1.04 bits per heavy atom. The third kappa shape index (κ3) is 3.11. The van der Waals surface area contributed by atoms with Gasteiger partial charge in [0, 0.05) is 6.54 Å². The van der Waals surface area contributed by atoms with Crippen molar-refractivity contribution in [2.45, 2.75) is 26.4 Å². The van der Waals surface area contributed by atoms with Gasteiger partial charge >= 0.3 is 5.69 Å². The number of hydrogen-bond acceptors (Lipinski definition) is 5. The van der Waals surface area contributed by atoms with Gasteiger partial charge in [0.25, 0.3) is 11.1 Å². The van der Waals surface area contributed by atoms with Gasteiger partial charge in [-0.25, -0.2) is 9.78 Å². The third-order valence-electron chi connectivity index (χ3n) is 4.47. The summed E-state index contributed by atoms with van der Waals surface area (Å²) in [7, 11) is 0. The van der Waals surface area contributed by atoms with Crippen LogP contribution in [0.2, 0.25) is 0 Å². The highest BCUT2D eigenvalue weighted by atomic mass is 32.1. The summed E-state index contributed by atoms with van der Waals surface area (Å²) in [5, 5.41) is 1.86. The highest BCUT2D eigenvalue weighted by Gasteiger charge is 2.19. The SMILES string of the molecule is CCCn1c(=O)c(-c2cccs2)nc2c1c(=O)[nH]c(=O)n2Cc1ccccc1. The molecular formula is C20H18N4O3S. The summed E-state index contributed by atoms with van der Waals surface area (Å²) in [6.45, 7) is 2.54. The van der Waals surface area contributed by atoms with Crippen molar-refractivity contribution in [3.8, 4) is 10.6 Å². The monoisotopic (exact) mass is 394 g/mol. The summed E-state index contributed by atoms with van der Waals surface area (Å²) in [4.78, 5) is 45.8.